The number of hydrogen-bond donors (Lipinski definition) is 1. The fourth-order valence-electron chi connectivity index (χ4n) is 1.89. The van der Waals surface area contributed by atoms with Gasteiger partial charge in [0.05, 0.1) is 0 Å². The maximum Gasteiger partial charge on any atom is 0.0302 e. The Hall–Kier alpha value is -0.890. The first-order valence-corrected chi connectivity index (χ1v) is 6.40. The van der Waals surface area contributed by atoms with Crippen LogP contribution in [-0.2, 0) is 6.42 Å². The van der Waals surface area contributed by atoms with E-state index in [1.165, 1.54) is 30.4 Å². The van der Waals surface area contributed by atoms with E-state index >= 15 is 0 Å². The molecule has 0 bridgehead atoms. The van der Waals surface area contributed by atoms with Crippen LogP contribution in [0.2, 0.25) is 0 Å². The zero-order valence-electron chi connectivity index (χ0n) is 10.8. The van der Waals surface area contributed by atoms with Crippen molar-refractivity contribution < 1.29 is 0 Å². The molecule has 1 atom stereocenters. The first-order valence-electron chi connectivity index (χ1n) is 6.40. The molecular formula is C14H24N2. The summed E-state index contributed by atoms with van der Waals surface area (Å²) in [5.74, 6) is 0. The molecule has 0 aromatic carbocycles. The van der Waals surface area contributed by atoms with Crippen LogP contribution in [0.4, 0.5) is 0 Å². The molecule has 1 aromatic rings. The van der Waals surface area contributed by atoms with Crippen molar-refractivity contribution in [2.75, 3.05) is 6.54 Å². The fraction of sp³-hybridized carbons (Fsp3) is 0.643. The molecule has 0 saturated carbocycles. The van der Waals surface area contributed by atoms with E-state index in [9.17, 15) is 0 Å². The molecule has 1 rings (SSSR count). The smallest absolute Gasteiger partial charge is 0.0302 e. The van der Waals surface area contributed by atoms with Gasteiger partial charge in [-0.1, -0.05) is 13.8 Å². The summed E-state index contributed by atoms with van der Waals surface area (Å²) in [7, 11) is 0. The van der Waals surface area contributed by atoms with Crippen molar-refractivity contribution in [3.8, 4) is 0 Å². The van der Waals surface area contributed by atoms with Crippen LogP contribution in [0.5, 0.6) is 0 Å². The van der Waals surface area contributed by atoms with E-state index in [1.54, 1.807) is 0 Å². The summed E-state index contributed by atoms with van der Waals surface area (Å²) in [5.41, 5.74) is 2.75. The number of nitrogens with one attached hydrogen (secondary N) is 1. The van der Waals surface area contributed by atoms with Crippen LogP contribution in [-0.4, -0.2) is 17.6 Å². The maximum absolute atomic E-state index is 4.19. The molecule has 1 N–H and O–H groups in total. The minimum Gasteiger partial charge on any atom is -0.314 e. The van der Waals surface area contributed by atoms with Gasteiger partial charge in [-0.3, -0.25) is 4.98 Å². The van der Waals surface area contributed by atoms with E-state index in [4.69, 9.17) is 0 Å². The number of hydrogen-bond acceptors (Lipinski definition) is 2. The van der Waals surface area contributed by atoms with E-state index in [0.29, 0.717) is 6.04 Å². The topological polar surface area (TPSA) is 24.9 Å². The van der Waals surface area contributed by atoms with Crippen molar-refractivity contribution in [1.29, 1.82) is 0 Å². The minimum atomic E-state index is 0.652. The highest BCUT2D eigenvalue weighted by atomic mass is 14.9. The van der Waals surface area contributed by atoms with Crippen LogP contribution in [0.1, 0.15) is 44.2 Å². The Balaban J connectivity index is 2.40. The molecule has 16 heavy (non-hydrogen) atoms. The van der Waals surface area contributed by atoms with Gasteiger partial charge in [-0.25, -0.2) is 0 Å². The third kappa shape index (κ3) is 4.31. The van der Waals surface area contributed by atoms with Gasteiger partial charge < -0.3 is 5.32 Å². The third-order valence-corrected chi connectivity index (χ3v) is 3.09. The predicted molar refractivity (Wildman–Crippen MR) is 69.7 cm³/mol. The Bertz CT molecular complexity index is 297. The van der Waals surface area contributed by atoms with Gasteiger partial charge in [-0.2, -0.15) is 0 Å². The molecule has 0 fully saturated rings. The van der Waals surface area contributed by atoms with Crippen molar-refractivity contribution in [1.82, 2.24) is 10.3 Å². The maximum atomic E-state index is 4.19. The summed E-state index contributed by atoms with van der Waals surface area (Å²) < 4.78 is 0. The lowest BCUT2D eigenvalue weighted by Crippen LogP contribution is -2.29. The zero-order valence-corrected chi connectivity index (χ0v) is 10.8. The third-order valence-electron chi connectivity index (χ3n) is 3.09. The van der Waals surface area contributed by atoms with Crippen LogP contribution < -0.4 is 5.32 Å². The van der Waals surface area contributed by atoms with Gasteiger partial charge in [0.2, 0.25) is 0 Å². The van der Waals surface area contributed by atoms with Gasteiger partial charge >= 0.3 is 0 Å². The highest BCUT2D eigenvalue weighted by Gasteiger charge is 2.06. The molecule has 0 aliphatic carbocycles. The quantitative estimate of drug-likeness (QED) is 0.763. The molecule has 0 spiro atoms. The number of nitrogens with zero attached hydrogens (tertiary/aromatic N) is 1. The Morgan fingerprint density at radius 1 is 1.38 bits per heavy atom. The molecule has 0 saturated heterocycles. The van der Waals surface area contributed by atoms with Crippen LogP contribution in [0, 0.1) is 6.92 Å². The lowest BCUT2D eigenvalue weighted by Gasteiger charge is -2.16. The molecule has 1 heterocycles. The average molecular weight is 220 g/mol. The van der Waals surface area contributed by atoms with Gasteiger partial charge in [0.25, 0.3) is 0 Å². The lowest BCUT2D eigenvalue weighted by molar-refractivity contribution is 0.468. The normalized spacial score (nSPS) is 12.7. The minimum absolute atomic E-state index is 0.652. The van der Waals surface area contributed by atoms with Crippen molar-refractivity contribution in [3.05, 3.63) is 29.6 Å². The number of rotatable bonds is 7. The van der Waals surface area contributed by atoms with Crippen molar-refractivity contribution in [3.63, 3.8) is 0 Å². The Labute approximate surface area is 99.5 Å². The Morgan fingerprint density at radius 2 is 2.19 bits per heavy atom. The zero-order chi connectivity index (χ0) is 11.8. The van der Waals surface area contributed by atoms with Crippen LogP contribution in [0.3, 0.4) is 0 Å². The second kappa shape index (κ2) is 7.39. The average Bonchev–Trinajstić information content (AvgIpc) is 2.31. The van der Waals surface area contributed by atoms with E-state index < -0.39 is 0 Å². The van der Waals surface area contributed by atoms with Crippen molar-refractivity contribution in [2.45, 2.75) is 52.5 Å². The fourth-order valence-corrected chi connectivity index (χ4v) is 1.89. The van der Waals surface area contributed by atoms with E-state index in [2.05, 4.69) is 37.1 Å². The van der Waals surface area contributed by atoms with Gasteiger partial charge in [0.1, 0.15) is 0 Å². The largest absolute Gasteiger partial charge is 0.314 e. The molecule has 1 aromatic heterocycles. The van der Waals surface area contributed by atoms with E-state index in [0.717, 1.165) is 13.0 Å². The Kier molecular flexibility index (Phi) is 6.09. The van der Waals surface area contributed by atoms with Crippen LogP contribution in [0.15, 0.2) is 18.5 Å². The van der Waals surface area contributed by atoms with Crippen molar-refractivity contribution in [2.24, 2.45) is 0 Å². The van der Waals surface area contributed by atoms with E-state index in [-0.39, 0.29) is 0 Å². The standard InChI is InChI=1S/C14H24N2/c1-4-9-16-14(5-2)7-6-13-11-15-10-8-12(13)3/h8,10-11,14,16H,4-7,9H2,1-3H3. The van der Waals surface area contributed by atoms with Gasteiger partial charge in [-0.15, -0.1) is 0 Å². The van der Waals surface area contributed by atoms with Crippen LogP contribution in [0.25, 0.3) is 0 Å². The second-order valence-corrected chi connectivity index (χ2v) is 4.40. The molecule has 0 amide bonds. The molecule has 0 aliphatic heterocycles. The first-order chi connectivity index (χ1) is 7.77. The predicted octanol–water partition coefficient (Wildman–Crippen LogP) is 3.10. The highest BCUT2D eigenvalue weighted by molar-refractivity contribution is 5.21. The number of aryl methyl sites for hydroxylation is 2. The SMILES string of the molecule is CCCNC(CC)CCc1cnccc1C. The van der Waals surface area contributed by atoms with Gasteiger partial charge in [-0.05, 0) is 56.3 Å². The molecule has 2 heteroatoms. The molecular weight excluding hydrogens is 196 g/mol. The summed E-state index contributed by atoms with van der Waals surface area (Å²) in [5, 5.41) is 3.59. The van der Waals surface area contributed by atoms with E-state index in [1.807, 2.05) is 12.4 Å². The summed E-state index contributed by atoms with van der Waals surface area (Å²) in [6, 6.07) is 2.75. The summed E-state index contributed by atoms with van der Waals surface area (Å²) in [6.45, 7) is 7.76. The highest BCUT2D eigenvalue weighted by Crippen LogP contribution is 2.10. The lowest BCUT2D eigenvalue weighted by atomic mass is 10.0. The van der Waals surface area contributed by atoms with Gasteiger partial charge in [0.15, 0.2) is 0 Å². The summed E-state index contributed by atoms with van der Waals surface area (Å²) in [4.78, 5) is 4.19. The van der Waals surface area contributed by atoms with Crippen LogP contribution >= 0.6 is 0 Å². The monoisotopic (exact) mass is 220 g/mol. The summed E-state index contributed by atoms with van der Waals surface area (Å²) in [6.07, 6.45) is 8.63. The first kappa shape index (κ1) is 13.2. The molecule has 2 nitrogen and oxygen atoms in total. The molecule has 1 unspecified atom stereocenters. The Morgan fingerprint density at radius 3 is 2.81 bits per heavy atom. The summed E-state index contributed by atoms with van der Waals surface area (Å²) >= 11 is 0. The molecule has 90 valence electrons. The second-order valence-electron chi connectivity index (χ2n) is 4.40. The number of aromatic nitrogens is 1. The van der Waals surface area contributed by atoms with Crippen molar-refractivity contribution >= 4 is 0 Å². The molecule has 0 radical (unpaired) electrons. The number of pyridine rings is 1. The molecule has 0 aliphatic rings. The van der Waals surface area contributed by atoms with Gasteiger partial charge in [0, 0.05) is 18.4 Å².